The topological polar surface area (TPSA) is 131 Å². The van der Waals surface area contributed by atoms with Crippen molar-refractivity contribution in [2.75, 3.05) is 62.2 Å². The summed E-state index contributed by atoms with van der Waals surface area (Å²) >= 11 is 0. The highest BCUT2D eigenvalue weighted by atomic mass is 16.7. The lowest BCUT2D eigenvalue weighted by molar-refractivity contribution is -0.153. The van der Waals surface area contributed by atoms with Crippen molar-refractivity contribution in [1.82, 2.24) is 0 Å². The zero-order chi connectivity index (χ0) is 32.0. The molecule has 2 saturated heterocycles. The number of hydrogen-bond acceptors (Lipinski definition) is 13. The Labute approximate surface area is 265 Å². The number of benzene rings is 3. The highest BCUT2D eigenvalue weighted by molar-refractivity contribution is 5.66. The molecule has 13 heteroatoms. The zero-order valence-corrected chi connectivity index (χ0v) is 26.1. The molecule has 46 heavy (non-hydrogen) atoms. The van der Waals surface area contributed by atoms with E-state index in [9.17, 15) is 5.11 Å². The second-order valence-corrected chi connectivity index (χ2v) is 11.3. The average Bonchev–Trinajstić information content (AvgIpc) is 3.77. The van der Waals surface area contributed by atoms with Crippen LogP contribution >= 0.6 is 0 Å². The molecule has 0 saturated carbocycles. The number of methoxy groups -OCH3 is 5. The highest BCUT2D eigenvalue weighted by Crippen LogP contribution is 2.56. The minimum Gasteiger partial charge on any atom is -0.497 e. The van der Waals surface area contributed by atoms with Gasteiger partial charge in [-0.25, -0.2) is 0 Å². The molecule has 0 radical (unpaired) electrons. The van der Waals surface area contributed by atoms with E-state index >= 15 is 0 Å². The third-order valence-corrected chi connectivity index (χ3v) is 8.75. The Morgan fingerprint density at radius 2 is 1.61 bits per heavy atom. The van der Waals surface area contributed by atoms with Gasteiger partial charge in [0.2, 0.25) is 30.3 Å². The number of rotatable bonds is 10. The Morgan fingerprint density at radius 3 is 2.37 bits per heavy atom. The maximum absolute atomic E-state index is 12.0. The van der Waals surface area contributed by atoms with Crippen LogP contribution in [0, 0.1) is 5.92 Å². The van der Waals surface area contributed by atoms with Crippen LogP contribution in [-0.2, 0) is 14.2 Å². The van der Waals surface area contributed by atoms with Crippen molar-refractivity contribution in [3.63, 3.8) is 0 Å². The first-order chi connectivity index (χ1) is 22.4. The number of hydrogen-bond donors (Lipinski definition) is 1. The van der Waals surface area contributed by atoms with Gasteiger partial charge in [-0.15, -0.1) is 0 Å². The summed E-state index contributed by atoms with van der Waals surface area (Å²) in [6.07, 6.45) is -2.63. The summed E-state index contributed by atoms with van der Waals surface area (Å²) in [4.78, 5) is 0. The molecule has 0 aromatic heterocycles. The van der Waals surface area contributed by atoms with E-state index < -0.39 is 36.1 Å². The van der Waals surface area contributed by atoms with Crippen LogP contribution in [0.2, 0.25) is 0 Å². The number of fused-ring (bicyclic) bond motifs is 3. The van der Waals surface area contributed by atoms with E-state index in [1.54, 1.807) is 33.5 Å². The van der Waals surface area contributed by atoms with E-state index in [0.29, 0.717) is 45.8 Å². The maximum atomic E-state index is 12.0. The third-order valence-electron chi connectivity index (χ3n) is 8.75. The molecule has 246 valence electrons. The van der Waals surface area contributed by atoms with Gasteiger partial charge in [0.25, 0.3) is 0 Å². The average molecular weight is 641 g/mol. The summed E-state index contributed by atoms with van der Waals surface area (Å²) in [5.74, 6) is 3.35. The smallest absolute Gasteiger partial charge is 0.232 e. The molecule has 7 rings (SSSR count). The molecule has 0 aliphatic carbocycles. The Kier molecular flexibility index (Phi) is 8.01. The third kappa shape index (κ3) is 4.94. The van der Waals surface area contributed by atoms with Gasteiger partial charge in [0.1, 0.15) is 11.5 Å². The first-order valence-corrected chi connectivity index (χ1v) is 14.8. The molecule has 3 aromatic carbocycles. The van der Waals surface area contributed by atoms with Crippen molar-refractivity contribution in [2.45, 2.75) is 30.2 Å². The molecule has 4 aliphatic rings. The predicted octanol–water partition coefficient (Wildman–Crippen LogP) is 3.83. The summed E-state index contributed by atoms with van der Waals surface area (Å²) in [6.45, 7) is 0.391. The number of aliphatic hydroxyl groups is 1. The van der Waals surface area contributed by atoms with Crippen molar-refractivity contribution in [3.05, 3.63) is 53.6 Å². The van der Waals surface area contributed by atoms with Gasteiger partial charge in [0.05, 0.1) is 60.3 Å². The molecule has 3 aromatic rings. The molecule has 6 atom stereocenters. The van der Waals surface area contributed by atoms with Gasteiger partial charge in [-0.05, 0) is 23.8 Å². The van der Waals surface area contributed by atoms with Crippen LogP contribution in [0.3, 0.4) is 0 Å². The van der Waals surface area contributed by atoms with Gasteiger partial charge >= 0.3 is 0 Å². The molecule has 1 N–H and O–H groups in total. The molecule has 4 aliphatic heterocycles. The van der Waals surface area contributed by atoms with Gasteiger partial charge in [-0.1, -0.05) is 12.1 Å². The monoisotopic (exact) mass is 640 g/mol. The molecule has 0 unspecified atom stereocenters. The highest BCUT2D eigenvalue weighted by Gasteiger charge is 2.61. The van der Waals surface area contributed by atoms with Crippen molar-refractivity contribution in [1.29, 1.82) is 0 Å². The largest absolute Gasteiger partial charge is 0.497 e. The van der Waals surface area contributed by atoms with Crippen LogP contribution in [-0.4, -0.2) is 85.3 Å². The standard InChI is InChI=1S/C33H36O13/c1-35-14-26-27(17-7-6-8-18(9-17)36-2)45-23-11-21(37-3)19(10-22(23)44-26)28-20-13-40-32(33(20,34)15-41-28)46-30-24(38-4)12-25-29(31(30)39-5)43-16-42-25/h6-12,20,26-28,32,34H,13-16H2,1-5H3/t20-,26-,27-,28-,32-,33-/m0/s1. The van der Waals surface area contributed by atoms with E-state index in [2.05, 4.69) is 0 Å². The molecule has 0 amide bonds. The van der Waals surface area contributed by atoms with Gasteiger partial charge in [-0.3, -0.25) is 0 Å². The molecule has 13 nitrogen and oxygen atoms in total. The Morgan fingerprint density at radius 1 is 0.804 bits per heavy atom. The van der Waals surface area contributed by atoms with Crippen LogP contribution in [0.4, 0.5) is 0 Å². The van der Waals surface area contributed by atoms with Crippen LogP contribution in [0.25, 0.3) is 0 Å². The van der Waals surface area contributed by atoms with Gasteiger partial charge in [0, 0.05) is 24.8 Å². The normalized spacial score (nSPS) is 27.2. The zero-order valence-electron chi connectivity index (χ0n) is 26.1. The predicted molar refractivity (Wildman–Crippen MR) is 159 cm³/mol. The van der Waals surface area contributed by atoms with E-state index in [1.807, 2.05) is 30.3 Å². The van der Waals surface area contributed by atoms with Crippen molar-refractivity contribution in [3.8, 4) is 51.7 Å². The first kappa shape index (κ1) is 30.4. The van der Waals surface area contributed by atoms with E-state index in [-0.39, 0.29) is 38.1 Å². The van der Waals surface area contributed by atoms with Gasteiger partial charge < -0.3 is 61.9 Å². The lowest BCUT2D eigenvalue weighted by Crippen LogP contribution is -2.47. The summed E-state index contributed by atoms with van der Waals surface area (Å²) < 4.78 is 70.5. The van der Waals surface area contributed by atoms with Crippen LogP contribution in [0.5, 0.6) is 51.7 Å². The van der Waals surface area contributed by atoms with E-state index in [0.717, 1.165) is 5.56 Å². The summed E-state index contributed by atoms with van der Waals surface area (Å²) in [7, 11) is 7.78. The summed E-state index contributed by atoms with van der Waals surface area (Å²) in [5.41, 5.74) is 0.0270. The number of ether oxygens (including phenoxy) is 12. The fourth-order valence-electron chi connectivity index (χ4n) is 6.45. The van der Waals surface area contributed by atoms with Crippen molar-refractivity contribution in [2.24, 2.45) is 5.92 Å². The molecule has 2 fully saturated rings. The van der Waals surface area contributed by atoms with Gasteiger partial charge in [-0.2, -0.15) is 0 Å². The SMILES string of the molecule is COC[C@@H]1Oc2cc([C@@H]3OC[C@@]4(O)[C@H](Oc5c(OC)cc6c(c5OC)OCO6)OC[C@@H]34)c(OC)cc2O[C@H]1c1cccc(OC)c1. The van der Waals surface area contributed by atoms with Crippen molar-refractivity contribution >= 4 is 0 Å². The van der Waals surface area contributed by atoms with Gasteiger partial charge in [0.15, 0.2) is 40.8 Å². The minimum absolute atomic E-state index is 0.0327. The van der Waals surface area contributed by atoms with Crippen LogP contribution < -0.4 is 42.6 Å². The fourth-order valence-corrected chi connectivity index (χ4v) is 6.45. The summed E-state index contributed by atoms with van der Waals surface area (Å²) in [5, 5.41) is 12.0. The maximum Gasteiger partial charge on any atom is 0.232 e. The second-order valence-electron chi connectivity index (χ2n) is 11.3. The minimum atomic E-state index is -1.52. The van der Waals surface area contributed by atoms with Crippen LogP contribution in [0.15, 0.2) is 42.5 Å². The van der Waals surface area contributed by atoms with E-state index in [4.69, 9.17) is 56.8 Å². The van der Waals surface area contributed by atoms with E-state index in [1.165, 1.54) is 14.2 Å². The lowest BCUT2D eigenvalue weighted by atomic mass is 9.85. The lowest BCUT2D eigenvalue weighted by Gasteiger charge is -2.35. The molecular formula is C33H36O13. The summed E-state index contributed by atoms with van der Waals surface area (Å²) in [6, 6.07) is 12.9. The molecule has 0 spiro atoms. The first-order valence-electron chi connectivity index (χ1n) is 14.8. The van der Waals surface area contributed by atoms with Crippen LogP contribution in [0.1, 0.15) is 23.3 Å². The Hall–Kier alpha value is -4.30. The molecule has 0 bridgehead atoms. The van der Waals surface area contributed by atoms with Crippen molar-refractivity contribution < 1.29 is 61.9 Å². The second kappa shape index (κ2) is 12.1. The molecule has 4 heterocycles. The Balaban J connectivity index is 1.17. The quantitative estimate of drug-likeness (QED) is 0.345. The fraction of sp³-hybridized carbons (Fsp3) is 0.455. The Bertz CT molecular complexity index is 1590. The molecular weight excluding hydrogens is 604 g/mol.